The molecule has 1 aliphatic rings. The number of rotatable bonds is 3. The Kier molecular flexibility index (Phi) is 3.26. The highest BCUT2D eigenvalue weighted by atomic mass is 35.5. The van der Waals surface area contributed by atoms with Gasteiger partial charge >= 0.3 is 0 Å². The molecule has 2 aromatic rings. The average Bonchev–Trinajstić information content (AvgIpc) is 2.68. The summed E-state index contributed by atoms with van der Waals surface area (Å²) >= 11 is 12.4. The van der Waals surface area contributed by atoms with Crippen molar-refractivity contribution in [2.75, 3.05) is 0 Å². The van der Waals surface area contributed by atoms with E-state index in [1.807, 2.05) is 19.1 Å². The molecule has 0 spiro atoms. The topological polar surface area (TPSA) is 17.8 Å². The summed E-state index contributed by atoms with van der Waals surface area (Å²) in [5.41, 5.74) is 2.32. The quantitative estimate of drug-likeness (QED) is 0.705. The highest BCUT2D eigenvalue weighted by molar-refractivity contribution is 6.31. The number of halogens is 2. The Morgan fingerprint density at radius 1 is 1.42 bits per heavy atom. The van der Waals surface area contributed by atoms with Crippen molar-refractivity contribution in [3.05, 3.63) is 29.0 Å². The predicted octanol–water partition coefficient (Wildman–Crippen LogP) is 5.28. The van der Waals surface area contributed by atoms with E-state index in [4.69, 9.17) is 28.2 Å². The first-order valence-corrected chi connectivity index (χ1v) is 7.71. The number of alkyl halides is 1. The number of imidazole rings is 1. The van der Waals surface area contributed by atoms with Crippen LogP contribution in [0.2, 0.25) is 5.02 Å². The molecule has 0 aliphatic heterocycles. The summed E-state index contributed by atoms with van der Waals surface area (Å²) in [7, 11) is 0. The van der Waals surface area contributed by atoms with Gasteiger partial charge in [-0.15, -0.1) is 11.6 Å². The second kappa shape index (κ2) is 4.68. The minimum absolute atomic E-state index is 0.0878. The minimum Gasteiger partial charge on any atom is -0.321 e. The normalized spacial score (nSPS) is 19.4. The van der Waals surface area contributed by atoms with Gasteiger partial charge in [0.05, 0.1) is 16.4 Å². The third kappa shape index (κ3) is 1.96. The summed E-state index contributed by atoms with van der Waals surface area (Å²) in [6.45, 7) is 4.24. The third-order valence-electron chi connectivity index (χ3n) is 4.41. The van der Waals surface area contributed by atoms with Gasteiger partial charge in [0.2, 0.25) is 0 Å². The zero-order valence-electron chi connectivity index (χ0n) is 11.3. The Morgan fingerprint density at radius 2 is 2.16 bits per heavy atom. The molecular formula is C15H18Cl2N2. The summed E-state index contributed by atoms with van der Waals surface area (Å²) in [6, 6.07) is 5.94. The number of benzene rings is 1. The predicted molar refractivity (Wildman–Crippen MR) is 81.1 cm³/mol. The first kappa shape index (κ1) is 13.3. The fraction of sp³-hybridized carbons (Fsp3) is 0.533. The molecule has 0 saturated heterocycles. The molecule has 0 bridgehead atoms. The van der Waals surface area contributed by atoms with Gasteiger partial charge in [0.15, 0.2) is 0 Å². The number of hydrogen-bond acceptors (Lipinski definition) is 1. The van der Waals surface area contributed by atoms with Crippen LogP contribution in [-0.2, 0) is 5.54 Å². The van der Waals surface area contributed by atoms with Crippen LogP contribution in [0.25, 0.3) is 11.0 Å². The largest absolute Gasteiger partial charge is 0.321 e. The highest BCUT2D eigenvalue weighted by Gasteiger charge is 2.40. The van der Waals surface area contributed by atoms with Crippen molar-refractivity contribution in [2.24, 2.45) is 0 Å². The first-order chi connectivity index (χ1) is 9.07. The van der Waals surface area contributed by atoms with Gasteiger partial charge in [-0.2, -0.15) is 0 Å². The highest BCUT2D eigenvalue weighted by Crippen LogP contribution is 2.46. The van der Waals surface area contributed by atoms with Crippen molar-refractivity contribution in [3.63, 3.8) is 0 Å². The fourth-order valence-electron chi connectivity index (χ4n) is 3.16. The molecule has 1 atom stereocenters. The van der Waals surface area contributed by atoms with Crippen molar-refractivity contribution in [1.82, 2.24) is 9.55 Å². The SMILES string of the molecule is CCC1(n2c(C(C)Cl)nc3cc(Cl)ccc32)CCC1. The number of hydrogen-bond donors (Lipinski definition) is 0. The van der Waals surface area contributed by atoms with Crippen LogP contribution in [-0.4, -0.2) is 9.55 Å². The molecule has 1 saturated carbocycles. The molecule has 2 nitrogen and oxygen atoms in total. The average molecular weight is 297 g/mol. The van der Waals surface area contributed by atoms with Gasteiger partial charge in [0.1, 0.15) is 5.82 Å². The van der Waals surface area contributed by atoms with Crippen LogP contribution in [0.5, 0.6) is 0 Å². The molecule has 1 aromatic carbocycles. The molecule has 1 heterocycles. The number of aromatic nitrogens is 2. The van der Waals surface area contributed by atoms with E-state index in [0.717, 1.165) is 28.3 Å². The summed E-state index contributed by atoms with van der Waals surface area (Å²) in [5.74, 6) is 0.973. The van der Waals surface area contributed by atoms with E-state index in [9.17, 15) is 0 Å². The summed E-state index contributed by atoms with van der Waals surface area (Å²) in [6.07, 6.45) is 4.84. The van der Waals surface area contributed by atoms with Crippen LogP contribution >= 0.6 is 23.2 Å². The van der Waals surface area contributed by atoms with E-state index in [0.29, 0.717) is 0 Å². The van der Waals surface area contributed by atoms with E-state index >= 15 is 0 Å². The lowest BCUT2D eigenvalue weighted by molar-refractivity contribution is 0.137. The Labute approximate surface area is 123 Å². The summed E-state index contributed by atoms with van der Waals surface area (Å²) < 4.78 is 2.37. The zero-order valence-corrected chi connectivity index (χ0v) is 12.8. The maximum atomic E-state index is 6.35. The van der Waals surface area contributed by atoms with E-state index in [1.165, 1.54) is 19.3 Å². The van der Waals surface area contributed by atoms with Gasteiger partial charge in [-0.3, -0.25) is 0 Å². The van der Waals surface area contributed by atoms with Gasteiger partial charge < -0.3 is 4.57 Å². The molecule has 4 heteroatoms. The van der Waals surface area contributed by atoms with Gasteiger partial charge in [0, 0.05) is 10.6 Å². The molecule has 0 radical (unpaired) electrons. The molecule has 1 aromatic heterocycles. The van der Waals surface area contributed by atoms with Crippen molar-refractivity contribution in [1.29, 1.82) is 0 Å². The zero-order chi connectivity index (χ0) is 13.6. The maximum Gasteiger partial charge on any atom is 0.128 e. The lowest BCUT2D eigenvalue weighted by Crippen LogP contribution is -2.41. The molecule has 0 N–H and O–H groups in total. The van der Waals surface area contributed by atoms with E-state index < -0.39 is 0 Å². The van der Waals surface area contributed by atoms with E-state index in [2.05, 4.69) is 17.6 Å². The maximum absolute atomic E-state index is 6.35. The van der Waals surface area contributed by atoms with Crippen LogP contribution in [0.1, 0.15) is 50.7 Å². The third-order valence-corrected chi connectivity index (χ3v) is 4.85. The molecule has 1 aliphatic carbocycles. The number of nitrogens with zero attached hydrogens (tertiary/aromatic N) is 2. The minimum atomic E-state index is -0.0878. The van der Waals surface area contributed by atoms with Crippen LogP contribution in [0.3, 0.4) is 0 Å². The molecule has 0 amide bonds. The smallest absolute Gasteiger partial charge is 0.128 e. The van der Waals surface area contributed by atoms with E-state index in [1.54, 1.807) is 0 Å². The van der Waals surface area contributed by atoms with Crippen LogP contribution in [0.4, 0.5) is 0 Å². The lowest BCUT2D eigenvalue weighted by Gasteiger charge is -2.44. The second-order valence-corrected chi connectivity index (χ2v) is 6.58. The second-order valence-electron chi connectivity index (χ2n) is 5.49. The summed E-state index contributed by atoms with van der Waals surface area (Å²) in [5, 5.41) is 0.639. The Balaban J connectivity index is 2.28. The van der Waals surface area contributed by atoms with E-state index in [-0.39, 0.29) is 10.9 Å². The Morgan fingerprint density at radius 3 is 2.68 bits per heavy atom. The molecule has 19 heavy (non-hydrogen) atoms. The van der Waals surface area contributed by atoms with Gasteiger partial charge in [-0.1, -0.05) is 18.5 Å². The standard InChI is InChI=1S/C15H18Cl2N2/c1-3-15(7-4-8-15)19-13-6-5-11(17)9-12(13)18-14(19)10(2)16/h5-6,9-10H,3-4,7-8H2,1-2H3. The Hall–Kier alpha value is -0.730. The lowest BCUT2D eigenvalue weighted by atomic mass is 9.74. The van der Waals surface area contributed by atoms with Crippen molar-refractivity contribution in [2.45, 2.75) is 50.4 Å². The summed E-state index contributed by atoms with van der Waals surface area (Å²) in [4.78, 5) is 4.72. The van der Waals surface area contributed by atoms with Crippen LogP contribution in [0, 0.1) is 0 Å². The first-order valence-electron chi connectivity index (χ1n) is 6.90. The molecule has 102 valence electrons. The molecule has 1 unspecified atom stereocenters. The fourth-order valence-corrected chi connectivity index (χ4v) is 3.47. The van der Waals surface area contributed by atoms with Crippen LogP contribution < -0.4 is 0 Å². The van der Waals surface area contributed by atoms with Gasteiger partial charge in [0.25, 0.3) is 0 Å². The van der Waals surface area contributed by atoms with Crippen molar-refractivity contribution < 1.29 is 0 Å². The molecule has 3 rings (SSSR count). The Bertz CT molecular complexity index is 606. The van der Waals surface area contributed by atoms with Crippen LogP contribution in [0.15, 0.2) is 18.2 Å². The monoisotopic (exact) mass is 296 g/mol. The van der Waals surface area contributed by atoms with Crippen molar-refractivity contribution in [3.8, 4) is 0 Å². The molecule has 1 fully saturated rings. The van der Waals surface area contributed by atoms with Crippen molar-refractivity contribution >= 4 is 34.2 Å². The van der Waals surface area contributed by atoms with Gasteiger partial charge in [-0.05, 0) is 50.8 Å². The van der Waals surface area contributed by atoms with Gasteiger partial charge in [-0.25, -0.2) is 4.98 Å². The molecular weight excluding hydrogens is 279 g/mol. The number of fused-ring (bicyclic) bond motifs is 1.